The second-order valence-electron chi connectivity index (χ2n) is 6.42. The van der Waals surface area contributed by atoms with Crippen LogP contribution in [-0.2, 0) is 0 Å². The Labute approximate surface area is 153 Å². The van der Waals surface area contributed by atoms with Gasteiger partial charge in [0, 0.05) is 37.6 Å². The van der Waals surface area contributed by atoms with E-state index < -0.39 is 5.91 Å². The summed E-state index contributed by atoms with van der Waals surface area (Å²) in [6, 6.07) is 9.77. The molecule has 0 saturated carbocycles. The predicted molar refractivity (Wildman–Crippen MR) is 103 cm³/mol. The summed E-state index contributed by atoms with van der Waals surface area (Å²) < 4.78 is 5.17. The fraction of sp³-hybridized carbons (Fsp3) is 0.368. The van der Waals surface area contributed by atoms with E-state index in [-0.39, 0.29) is 0 Å². The third kappa shape index (κ3) is 4.05. The summed E-state index contributed by atoms with van der Waals surface area (Å²) in [6.07, 6.45) is 3.73. The Hall–Kier alpha value is -2.80. The zero-order chi connectivity index (χ0) is 18.5. The van der Waals surface area contributed by atoms with Gasteiger partial charge in [0.1, 0.15) is 11.6 Å². The fourth-order valence-corrected chi connectivity index (χ4v) is 3.18. The summed E-state index contributed by atoms with van der Waals surface area (Å²) >= 11 is 0. The standard InChI is InChI=1S/C19H25N5O2/c1-24(14-4-3-9-21-11-14)17-10-18(22-12-16(17)19(20)25)23-13-5-7-15(26-2)8-6-13/h5-8,10,12,14,21H,3-4,9,11H2,1-2H3,(H2,20,25)(H,22,23)/t14-/m0/s1. The van der Waals surface area contributed by atoms with Gasteiger partial charge in [-0.2, -0.15) is 0 Å². The number of primary amides is 1. The number of anilines is 3. The van der Waals surface area contributed by atoms with E-state index in [1.807, 2.05) is 37.4 Å². The number of hydrogen-bond acceptors (Lipinski definition) is 6. The zero-order valence-electron chi connectivity index (χ0n) is 15.2. The average Bonchev–Trinajstić information content (AvgIpc) is 2.68. The second-order valence-corrected chi connectivity index (χ2v) is 6.42. The monoisotopic (exact) mass is 355 g/mol. The molecule has 0 radical (unpaired) electrons. The van der Waals surface area contributed by atoms with Crippen LogP contribution in [0.5, 0.6) is 5.75 Å². The van der Waals surface area contributed by atoms with Crippen LogP contribution >= 0.6 is 0 Å². The van der Waals surface area contributed by atoms with Crippen molar-refractivity contribution in [3.8, 4) is 5.75 Å². The number of aromatic nitrogens is 1. The van der Waals surface area contributed by atoms with Crippen molar-refractivity contribution in [2.45, 2.75) is 18.9 Å². The molecule has 0 aliphatic carbocycles. The number of piperidine rings is 1. The van der Waals surface area contributed by atoms with Crippen LogP contribution in [0.1, 0.15) is 23.2 Å². The minimum atomic E-state index is -0.473. The number of ether oxygens (including phenoxy) is 1. The Morgan fingerprint density at radius 1 is 1.38 bits per heavy atom. The summed E-state index contributed by atoms with van der Waals surface area (Å²) in [6.45, 7) is 1.92. The van der Waals surface area contributed by atoms with E-state index in [9.17, 15) is 4.79 Å². The molecular formula is C19H25N5O2. The molecule has 1 aromatic heterocycles. The summed E-state index contributed by atoms with van der Waals surface area (Å²) in [5.41, 5.74) is 7.67. The van der Waals surface area contributed by atoms with Crippen LogP contribution in [-0.4, -0.2) is 44.2 Å². The van der Waals surface area contributed by atoms with Gasteiger partial charge in [-0.15, -0.1) is 0 Å². The Kier molecular flexibility index (Phi) is 5.58. The topological polar surface area (TPSA) is 92.5 Å². The van der Waals surface area contributed by atoms with Crippen molar-refractivity contribution in [1.82, 2.24) is 10.3 Å². The maximum Gasteiger partial charge on any atom is 0.252 e. The summed E-state index contributed by atoms with van der Waals surface area (Å²) in [4.78, 5) is 18.3. The van der Waals surface area contributed by atoms with Crippen molar-refractivity contribution in [3.63, 3.8) is 0 Å². The van der Waals surface area contributed by atoms with E-state index in [0.29, 0.717) is 17.4 Å². The van der Waals surface area contributed by atoms with Gasteiger partial charge in [-0.05, 0) is 43.7 Å². The van der Waals surface area contributed by atoms with Gasteiger partial charge < -0.3 is 26.0 Å². The lowest BCUT2D eigenvalue weighted by Gasteiger charge is -2.34. The second kappa shape index (κ2) is 8.05. The Bertz CT molecular complexity index is 757. The molecule has 0 unspecified atom stereocenters. The molecule has 7 heteroatoms. The minimum Gasteiger partial charge on any atom is -0.497 e. The molecule has 4 N–H and O–H groups in total. The smallest absolute Gasteiger partial charge is 0.252 e. The first-order chi connectivity index (χ1) is 12.6. The lowest BCUT2D eigenvalue weighted by Crippen LogP contribution is -2.44. The van der Waals surface area contributed by atoms with Gasteiger partial charge in [-0.1, -0.05) is 0 Å². The molecule has 2 heterocycles. The van der Waals surface area contributed by atoms with Crippen LogP contribution in [0, 0.1) is 0 Å². The van der Waals surface area contributed by atoms with Crippen molar-refractivity contribution < 1.29 is 9.53 Å². The van der Waals surface area contributed by atoms with Crippen LogP contribution in [0.15, 0.2) is 36.5 Å². The summed E-state index contributed by atoms with van der Waals surface area (Å²) in [5, 5.41) is 6.66. The number of hydrogen-bond donors (Lipinski definition) is 3. The molecule has 26 heavy (non-hydrogen) atoms. The minimum absolute atomic E-state index is 0.318. The molecule has 1 fully saturated rings. The van der Waals surface area contributed by atoms with E-state index in [0.717, 1.165) is 43.1 Å². The number of methoxy groups -OCH3 is 1. The van der Waals surface area contributed by atoms with Gasteiger partial charge in [-0.3, -0.25) is 4.79 Å². The number of pyridine rings is 1. The molecule has 0 spiro atoms. The van der Waals surface area contributed by atoms with Crippen molar-refractivity contribution in [3.05, 3.63) is 42.1 Å². The first-order valence-corrected chi connectivity index (χ1v) is 8.73. The van der Waals surface area contributed by atoms with E-state index in [1.165, 1.54) is 6.20 Å². The van der Waals surface area contributed by atoms with Crippen LogP contribution < -0.4 is 26.0 Å². The van der Waals surface area contributed by atoms with Gasteiger partial charge >= 0.3 is 0 Å². The lowest BCUT2D eigenvalue weighted by atomic mass is 10.0. The van der Waals surface area contributed by atoms with Gasteiger partial charge in [0.2, 0.25) is 0 Å². The molecule has 1 amide bonds. The maximum absolute atomic E-state index is 11.9. The highest BCUT2D eigenvalue weighted by molar-refractivity contribution is 5.99. The van der Waals surface area contributed by atoms with E-state index in [1.54, 1.807) is 7.11 Å². The molecule has 0 bridgehead atoms. The number of carbonyl (C=O) groups excluding carboxylic acids is 1. The first-order valence-electron chi connectivity index (χ1n) is 8.73. The summed E-state index contributed by atoms with van der Waals surface area (Å²) in [5.74, 6) is 0.975. The molecule has 1 aliphatic rings. The third-order valence-corrected chi connectivity index (χ3v) is 4.71. The number of benzene rings is 1. The first kappa shape index (κ1) is 18.0. The Balaban J connectivity index is 1.86. The third-order valence-electron chi connectivity index (χ3n) is 4.71. The number of nitrogens with two attached hydrogens (primary N) is 1. The molecular weight excluding hydrogens is 330 g/mol. The van der Waals surface area contributed by atoms with Gasteiger partial charge in [0.15, 0.2) is 0 Å². The fourth-order valence-electron chi connectivity index (χ4n) is 3.18. The molecule has 2 aromatic rings. The van der Waals surface area contributed by atoms with Crippen molar-refractivity contribution in [2.75, 3.05) is 37.5 Å². The highest BCUT2D eigenvalue weighted by atomic mass is 16.5. The van der Waals surface area contributed by atoms with Gasteiger partial charge in [0.25, 0.3) is 5.91 Å². The van der Waals surface area contributed by atoms with Crippen LogP contribution in [0.4, 0.5) is 17.2 Å². The number of nitrogens with zero attached hydrogens (tertiary/aromatic N) is 2. The number of likely N-dealkylation sites (N-methyl/N-ethyl adjacent to an activating group) is 1. The van der Waals surface area contributed by atoms with Crippen molar-refractivity contribution >= 4 is 23.1 Å². The highest BCUT2D eigenvalue weighted by Crippen LogP contribution is 2.27. The maximum atomic E-state index is 11.9. The normalized spacial score (nSPS) is 16.8. The van der Waals surface area contributed by atoms with E-state index in [4.69, 9.17) is 10.5 Å². The molecule has 3 rings (SSSR count). The summed E-state index contributed by atoms with van der Waals surface area (Å²) in [7, 11) is 3.63. The van der Waals surface area contributed by atoms with Crippen LogP contribution in [0.25, 0.3) is 0 Å². The van der Waals surface area contributed by atoms with E-state index in [2.05, 4.69) is 20.5 Å². The Morgan fingerprint density at radius 2 is 2.15 bits per heavy atom. The average molecular weight is 355 g/mol. The molecule has 1 atom stereocenters. The molecule has 138 valence electrons. The van der Waals surface area contributed by atoms with Crippen molar-refractivity contribution in [2.24, 2.45) is 5.73 Å². The van der Waals surface area contributed by atoms with Gasteiger partial charge in [0.05, 0.1) is 18.4 Å². The zero-order valence-corrected chi connectivity index (χ0v) is 15.2. The van der Waals surface area contributed by atoms with E-state index >= 15 is 0 Å². The number of carbonyl (C=O) groups is 1. The number of amides is 1. The largest absolute Gasteiger partial charge is 0.497 e. The quantitative estimate of drug-likeness (QED) is 0.735. The Morgan fingerprint density at radius 3 is 2.77 bits per heavy atom. The van der Waals surface area contributed by atoms with Crippen LogP contribution in [0.3, 0.4) is 0 Å². The number of rotatable bonds is 6. The predicted octanol–water partition coefficient (Wildman–Crippen LogP) is 2.12. The molecule has 1 saturated heterocycles. The molecule has 1 aromatic carbocycles. The van der Waals surface area contributed by atoms with Crippen molar-refractivity contribution in [1.29, 1.82) is 0 Å². The van der Waals surface area contributed by atoms with Gasteiger partial charge in [-0.25, -0.2) is 4.98 Å². The highest BCUT2D eigenvalue weighted by Gasteiger charge is 2.22. The molecule has 1 aliphatic heterocycles. The van der Waals surface area contributed by atoms with Crippen LogP contribution in [0.2, 0.25) is 0 Å². The lowest BCUT2D eigenvalue weighted by molar-refractivity contribution is 0.100. The molecule has 7 nitrogen and oxygen atoms in total. The SMILES string of the molecule is COc1ccc(Nc2cc(N(C)[C@H]3CCCNC3)c(C(N)=O)cn2)cc1. The number of nitrogens with one attached hydrogen (secondary N) is 2.